The van der Waals surface area contributed by atoms with Gasteiger partial charge in [0.25, 0.3) is 5.91 Å². The number of anilines is 1. The van der Waals surface area contributed by atoms with E-state index in [9.17, 15) is 14.4 Å². The Bertz CT molecular complexity index is 1080. The highest BCUT2D eigenvalue weighted by Crippen LogP contribution is 2.30. The molecule has 0 radical (unpaired) electrons. The fourth-order valence-electron chi connectivity index (χ4n) is 3.29. The first-order valence-electron chi connectivity index (χ1n) is 9.25. The number of amidine groups is 1. The van der Waals surface area contributed by atoms with Gasteiger partial charge in [-0.1, -0.05) is 30.8 Å². The van der Waals surface area contributed by atoms with Crippen LogP contribution in [0.3, 0.4) is 0 Å². The molecule has 0 saturated heterocycles. The predicted molar refractivity (Wildman–Crippen MR) is 114 cm³/mol. The van der Waals surface area contributed by atoms with E-state index in [1.807, 2.05) is 6.07 Å². The van der Waals surface area contributed by atoms with Crippen LogP contribution in [-0.2, 0) is 9.59 Å². The van der Waals surface area contributed by atoms with Crippen molar-refractivity contribution < 1.29 is 19.5 Å². The van der Waals surface area contributed by atoms with E-state index in [-0.39, 0.29) is 31.3 Å². The fourth-order valence-corrected chi connectivity index (χ4v) is 3.29. The summed E-state index contributed by atoms with van der Waals surface area (Å²) in [5.74, 6) is -1.80. The van der Waals surface area contributed by atoms with Gasteiger partial charge in [-0.05, 0) is 34.9 Å². The number of benzene rings is 2. The molecule has 3 rings (SSSR count). The third-order valence-corrected chi connectivity index (χ3v) is 5.04. The normalized spacial score (nSPS) is 13.6. The molecule has 1 aliphatic heterocycles. The van der Waals surface area contributed by atoms with Crippen molar-refractivity contribution in [3.05, 3.63) is 71.3 Å². The quantitative estimate of drug-likeness (QED) is 0.499. The zero-order valence-corrected chi connectivity index (χ0v) is 16.5. The van der Waals surface area contributed by atoms with Gasteiger partial charge in [0.05, 0.1) is 17.7 Å². The molecule has 1 heterocycles. The van der Waals surface area contributed by atoms with Gasteiger partial charge < -0.3 is 20.6 Å². The molecular weight excluding hydrogens is 384 g/mol. The number of amides is 2. The van der Waals surface area contributed by atoms with E-state index in [0.29, 0.717) is 28.0 Å². The van der Waals surface area contributed by atoms with E-state index < -0.39 is 11.9 Å². The second-order valence-corrected chi connectivity index (χ2v) is 7.03. The fraction of sp³-hybridized carbons (Fsp3) is 0.182. The lowest BCUT2D eigenvalue weighted by Gasteiger charge is -2.19. The molecule has 0 atom stereocenters. The Labute approximate surface area is 173 Å². The van der Waals surface area contributed by atoms with E-state index in [4.69, 9.17) is 16.2 Å². The van der Waals surface area contributed by atoms with Crippen LogP contribution in [-0.4, -0.2) is 53.8 Å². The van der Waals surface area contributed by atoms with Gasteiger partial charge in [-0.25, -0.2) is 0 Å². The zero-order chi connectivity index (χ0) is 22.0. The second-order valence-electron chi connectivity index (χ2n) is 7.03. The van der Waals surface area contributed by atoms with E-state index in [1.165, 1.54) is 9.80 Å². The van der Waals surface area contributed by atoms with E-state index in [1.54, 1.807) is 43.4 Å². The number of nitrogen functional groups attached to an aromatic ring is 1. The monoisotopic (exact) mass is 406 g/mol. The first-order chi connectivity index (χ1) is 14.2. The van der Waals surface area contributed by atoms with Gasteiger partial charge in [0.2, 0.25) is 5.91 Å². The van der Waals surface area contributed by atoms with Crippen molar-refractivity contribution in [3.63, 3.8) is 0 Å². The molecule has 0 bridgehead atoms. The van der Waals surface area contributed by atoms with Crippen LogP contribution in [0, 0.1) is 5.41 Å². The molecule has 2 amide bonds. The van der Waals surface area contributed by atoms with Crippen LogP contribution in [0.1, 0.15) is 33.5 Å². The van der Waals surface area contributed by atoms with Crippen molar-refractivity contribution in [1.29, 1.82) is 5.41 Å². The maximum atomic E-state index is 13.1. The van der Waals surface area contributed by atoms with E-state index in [0.717, 1.165) is 5.56 Å². The lowest BCUT2D eigenvalue weighted by Crippen LogP contribution is -2.38. The number of carbonyl (C=O) groups is 3. The number of fused-ring (bicyclic) bond motifs is 1. The molecule has 2 aromatic carbocycles. The molecule has 0 spiro atoms. The van der Waals surface area contributed by atoms with Gasteiger partial charge in [-0.2, -0.15) is 0 Å². The molecule has 8 nitrogen and oxygen atoms in total. The number of carbonyl (C=O) groups excluding carboxylic acids is 2. The summed E-state index contributed by atoms with van der Waals surface area (Å²) in [6.07, 6.45) is -0.248. The van der Waals surface area contributed by atoms with Gasteiger partial charge in [-0.3, -0.25) is 19.8 Å². The predicted octanol–water partition coefficient (Wildman–Crippen LogP) is 1.93. The second kappa shape index (κ2) is 8.20. The van der Waals surface area contributed by atoms with Crippen LogP contribution >= 0.6 is 0 Å². The van der Waals surface area contributed by atoms with Crippen LogP contribution in [0.2, 0.25) is 0 Å². The van der Waals surface area contributed by atoms with Crippen molar-refractivity contribution in [2.45, 2.75) is 6.42 Å². The summed E-state index contributed by atoms with van der Waals surface area (Å²) in [4.78, 5) is 39.1. The number of hydrogen-bond donors (Lipinski definition) is 3. The average Bonchev–Trinajstić information content (AvgIpc) is 2.82. The van der Waals surface area contributed by atoms with Gasteiger partial charge in [-0.15, -0.1) is 0 Å². The number of nitrogens with zero attached hydrogens (tertiary/aromatic N) is 2. The Balaban J connectivity index is 2.01. The zero-order valence-electron chi connectivity index (χ0n) is 16.5. The van der Waals surface area contributed by atoms with Gasteiger partial charge >= 0.3 is 5.97 Å². The van der Waals surface area contributed by atoms with Gasteiger partial charge in [0.15, 0.2) is 0 Å². The smallest absolute Gasteiger partial charge is 0.305 e. The third kappa shape index (κ3) is 4.07. The third-order valence-electron chi connectivity index (χ3n) is 5.04. The molecular formula is C22H22N4O4. The van der Waals surface area contributed by atoms with Crippen molar-refractivity contribution >= 4 is 34.9 Å². The maximum Gasteiger partial charge on any atom is 0.305 e. The number of carboxylic acid groups (broad SMARTS) is 1. The van der Waals surface area contributed by atoms with E-state index in [2.05, 4.69) is 6.58 Å². The first-order valence-corrected chi connectivity index (χ1v) is 9.25. The van der Waals surface area contributed by atoms with Crippen LogP contribution in [0.4, 0.5) is 5.69 Å². The summed E-state index contributed by atoms with van der Waals surface area (Å²) in [5.41, 5.74) is 8.93. The molecule has 2 aromatic rings. The average molecular weight is 406 g/mol. The summed E-state index contributed by atoms with van der Waals surface area (Å²) < 4.78 is 0. The number of rotatable bonds is 6. The Morgan fingerprint density at radius 3 is 2.50 bits per heavy atom. The molecule has 154 valence electrons. The molecule has 1 aliphatic rings. The molecule has 8 heteroatoms. The lowest BCUT2D eigenvalue weighted by molar-refractivity contribution is -0.137. The Morgan fingerprint density at radius 2 is 1.83 bits per heavy atom. The number of carboxylic acids is 1. The SMILES string of the molecule is C=C(c1cccc(C(=N)N)c1)c1ccc2c(c1)C(=O)N(CCC(=O)O)CC(=O)N2C. The summed E-state index contributed by atoms with van der Waals surface area (Å²) in [6, 6.07) is 12.2. The summed E-state index contributed by atoms with van der Waals surface area (Å²) >= 11 is 0. The number of aliphatic carboxylic acids is 1. The Kier molecular flexibility index (Phi) is 5.68. The molecule has 0 fully saturated rings. The number of nitrogens with two attached hydrogens (primary N) is 1. The minimum absolute atomic E-state index is 0.0565. The highest BCUT2D eigenvalue weighted by Gasteiger charge is 2.30. The first kappa shape index (κ1) is 20.8. The minimum atomic E-state index is -1.04. The van der Waals surface area contributed by atoms with Gasteiger partial charge in [0.1, 0.15) is 12.4 Å². The summed E-state index contributed by atoms with van der Waals surface area (Å²) in [6.45, 7) is 3.87. The summed E-state index contributed by atoms with van der Waals surface area (Å²) in [5, 5.41) is 16.6. The highest BCUT2D eigenvalue weighted by atomic mass is 16.4. The maximum absolute atomic E-state index is 13.1. The Morgan fingerprint density at radius 1 is 1.17 bits per heavy atom. The molecule has 0 saturated carbocycles. The molecule has 0 aliphatic carbocycles. The number of nitrogens with one attached hydrogen (secondary N) is 1. The molecule has 4 N–H and O–H groups in total. The molecule has 0 aromatic heterocycles. The van der Waals surface area contributed by atoms with Crippen molar-refractivity contribution in [2.24, 2.45) is 5.73 Å². The van der Waals surface area contributed by atoms with Crippen LogP contribution in [0.15, 0.2) is 49.0 Å². The Hall–Kier alpha value is -3.94. The van der Waals surface area contributed by atoms with Crippen LogP contribution < -0.4 is 10.6 Å². The van der Waals surface area contributed by atoms with Gasteiger partial charge in [0, 0.05) is 19.2 Å². The van der Waals surface area contributed by atoms with Crippen molar-refractivity contribution in [1.82, 2.24) is 4.90 Å². The topological polar surface area (TPSA) is 128 Å². The number of likely N-dealkylation sites (N-methyl/N-ethyl adjacent to an activating group) is 1. The minimum Gasteiger partial charge on any atom is -0.481 e. The highest BCUT2D eigenvalue weighted by molar-refractivity contribution is 6.10. The largest absolute Gasteiger partial charge is 0.481 e. The lowest BCUT2D eigenvalue weighted by atomic mass is 9.95. The van der Waals surface area contributed by atoms with E-state index >= 15 is 0 Å². The van der Waals surface area contributed by atoms with Crippen LogP contribution in [0.5, 0.6) is 0 Å². The van der Waals surface area contributed by atoms with Crippen molar-refractivity contribution in [3.8, 4) is 0 Å². The number of hydrogen-bond acceptors (Lipinski definition) is 4. The standard InChI is InChI=1S/C22H22N4O4/c1-13(14-4-3-5-16(10-14)21(23)24)15-6-7-18-17(11-15)22(30)26(9-8-20(28)29)12-19(27)25(18)2/h3-7,10-11H,1,8-9,12H2,2H3,(H3,23,24)(H,28,29). The molecule has 0 unspecified atom stereocenters. The molecule has 30 heavy (non-hydrogen) atoms. The summed E-state index contributed by atoms with van der Waals surface area (Å²) in [7, 11) is 1.58. The van der Waals surface area contributed by atoms with Crippen LogP contribution in [0.25, 0.3) is 5.57 Å². The van der Waals surface area contributed by atoms with Crippen molar-refractivity contribution in [2.75, 3.05) is 25.0 Å².